The Labute approximate surface area is 103 Å². The monoisotopic (exact) mass is 319 g/mol. The number of halogens is 1. The van der Waals surface area contributed by atoms with E-state index in [9.17, 15) is 10.1 Å². The Balaban J connectivity index is 2.86. The van der Waals surface area contributed by atoms with Crippen LogP contribution in [0.5, 0.6) is 0 Å². The SMILES string of the molecule is CCCCCc1cccc(I)c1[N+](=O)[O-]. The molecule has 0 heterocycles. The van der Waals surface area contributed by atoms with Gasteiger partial charge in [-0.1, -0.05) is 31.9 Å². The second-order valence-corrected chi connectivity index (χ2v) is 4.62. The van der Waals surface area contributed by atoms with E-state index in [1.54, 1.807) is 6.07 Å². The first kappa shape index (κ1) is 12.4. The summed E-state index contributed by atoms with van der Waals surface area (Å²) in [7, 11) is 0. The van der Waals surface area contributed by atoms with E-state index in [0.29, 0.717) is 0 Å². The van der Waals surface area contributed by atoms with E-state index in [2.05, 4.69) is 6.92 Å². The molecule has 0 unspecified atom stereocenters. The van der Waals surface area contributed by atoms with Crippen molar-refractivity contribution in [2.45, 2.75) is 32.6 Å². The maximum absolute atomic E-state index is 10.9. The molecule has 0 N–H and O–H groups in total. The van der Waals surface area contributed by atoms with Crippen LogP contribution < -0.4 is 0 Å². The van der Waals surface area contributed by atoms with E-state index in [0.717, 1.165) is 34.8 Å². The molecular formula is C11H14INO2. The molecule has 0 atom stereocenters. The molecule has 1 rings (SSSR count). The molecule has 0 spiro atoms. The lowest BCUT2D eigenvalue weighted by Crippen LogP contribution is -1.98. The van der Waals surface area contributed by atoms with E-state index in [1.807, 2.05) is 34.7 Å². The minimum Gasteiger partial charge on any atom is -0.258 e. The smallest absolute Gasteiger partial charge is 0.258 e. The second kappa shape index (κ2) is 6.05. The average Bonchev–Trinajstić information content (AvgIpc) is 2.17. The molecular weight excluding hydrogens is 305 g/mol. The average molecular weight is 319 g/mol. The number of para-hydroxylation sites is 1. The van der Waals surface area contributed by atoms with Gasteiger partial charge in [0.2, 0.25) is 0 Å². The van der Waals surface area contributed by atoms with Crippen molar-refractivity contribution in [3.05, 3.63) is 37.4 Å². The van der Waals surface area contributed by atoms with Crippen LogP contribution in [0.1, 0.15) is 31.7 Å². The number of hydrogen-bond donors (Lipinski definition) is 0. The third-order valence-corrected chi connectivity index (χ3v) is 3.17. The van der Waals surface area contributed by atoms with Crippen LogP contribution in [0, 0.1) is 13.7 Å². The van der Waals surface area contributed by atoms with Gasteiger partial charge in [0.1, 0.15) is 0 Å². The second-order valence-electron chi connectivity index (χ2n) is 3.46. The van der Waals surface area contributed by atoms with Gasteiger partial charge in [-0.05, 0) is 41.5 Å². The van der Waals surface area contributed by atoms with Gasteiger partial charge >= 0.3 is 0 Å². The zero-order valence-corrected chi connectivity index (χ0v) is 10.9. The molecule has 1 aromatic rings. The van der Waals surface area contributed by atoms with Crippen LogP contribution in [0.15, 0.2) is 18.2 Å². The zero-order chi connectivity index (χ0) is 11.3. The molecule has 15 heavy (non-hydrogen) atoms. The number of rotatable bonds is 5. The van der Waals surface area contributed by atoms with Crippen molar-refractivity contribution in [3.63, 3.8) is 0 Å². The maximum atomic E-state index is 10.9. The zero-order valence-electron chi connectivity index (χ0n) is 8.70. The Bertz CT molecular complexity index is 352. The number of hydrogen-bond acceptors (Lipinski definition) is 2. The molecule has 0 radical (unpaired) electrons. The van der Waals surface area contributed by atoms with Crippen molar-refractivity contribution in [1.82, 2.24) is 0 Å². The van der Waals surface area contributed by atoms with Gasteiger partial charge in [-0.2, -0.15) is 0 Å². The summed E-state index contributed by atoms with van der Waals surface area (Å²) in [5, 5.41) is 10.9. The lowest BCUT2D eigenvalue weighted by molar-refractivity contribution is -0.386. The quantitative estimate of drug-likeness (QED) is 0.357. The van der Waals surface area contributed by atoms with E-state index in [1.165, 1.54) is 0 Å². The van der Waals surface area contributed by atoms with Gasteiger partial charge in [-0.25, -0.2) is 0 Å². The number of unbranched alkanes of at least 4 members (excludes halogenated alkanes) is 2. The summed E-state index contributed by atoms with van der Waals surface area (Å²) in [5.41, 5.74) is 1.15. The van der Waals surface area contributed by atoms with E-state index >= 15 is 0 Å². The van der Waals surface area contributed by atoms with Gasteiger partial charge < -0.3 is 0 Å². The topological polar surface area (TPSA) is 43.1 Å². The molecule has 0 aliphatic carbocycles. The molecule has 0 fully saturated rings. The summed E-state index contributed by atoms with van der Waals surface area (Å²) in [6, 6.07) is 5.52. The minimum absolute atomic E-state index is 0.275. The van der Waals surface area contributed by atoms with Crippen LogP contribution in [0.25, 0.3) is 0 Å². The van der Waals surface area contributed by atoms with E-state index in [4.69, 9.17) is 0 Å². The fourth-order valence-corrected chi connectivity index (χ4v) is 2.28. The fraction of sp³-hybridized carbons (Fsp3) is 0.455. The van der Waals surface area contributed by atoms with Crippen LogP contribution in [0.3, 0.4) is 0 Å². The molecule has 0 aromatic heterocycles. The highest BCUT2D eigenvalue weighted by Crippen LogP contribution is 2.26. The van der Waals surface area contributed by atoms with Crippen molar-refractivity contribution >= 4 is 28.3 Å². The third kappa shape index (κ3) is 3.44. The van der Waals surface area contributed by atoms with Crippen LogP contribution >= 0.6 is 22.6 Å². The highest BCUT2D eigenvalue weighted by atomic mass is 127. The van der Waals surface area contributed by atoms with E-state index in [-0.39, 0.29) is 10.6 Å². The Kier molecular flexibility index (Phi) is 5.01. The molecule has 0 saturated carbocycles. The van der Waals surface area contributed by atoms with Crippen molar-refractivity contribution in [3.8, 4) is 0 Å². The fourth-order valence-electron chi connectivity index (χ4n) is 1.53. The Hall–Kier alpha value is -0.650. The predicted octanol–water partition coefficient (Wildman–Crippen LogP) is 3.93. The van der Waals surface area contributed by atoms with Crippen molar-refractivity contribution in [2.75, 3.05) is 0 Å². The highest BCUT2D eigenvalue weighted by molar-refractivity contribution is 14.1. The van der Waals surface area contributed by atoms with Gasteiger partial charge in [-0.15, -0.1) is 0 Å². The maximum Gasteiger partial charge on any atom is 0.285 e. The number of aryl methyl sites for hydroxylation is 1. The lowest BCUT2D eigenvalue weighted by atomic mass is 10.1. The van der Waals surface area contributed by atoms with Crippen LogP contribution in [-0.2, 0) is 6.42 Å². The molecule has 3 nitrogen and oxygen atoms in total. The minimum atomic E-state index is -0.275. The van der Waals surface area contributed by atoms with Gasteiger partial charge in [0, 0.05) is 5.56 Å². The molecule has 82 valence electrons. The number of nitro benzene ring substituents is 1. The number of nitro groups is 1. The number of nitrogens with zero attached hydrogens (tertiary/aromatic N) is 1. The first-order valence-electron chi connectivity index (χ1n) is 5.08. The van der Waals surface area contributed by atoms with Crippen LogP contribution in [0.4, 0.5) is 5.69 Å². The molecule has 0 amide bonds. The van der Waals surface area contributed by atoms with Crippen LogP contribution in [0.2, 0.25) is 0 Å². The molecule has 0 aliphatic rings. The number of benzene rings is 1. The molecule has 4 heteroatoms. The lowest BCUT2D eigenvalue weighted by Gasteiger charge is -2.03. The summed E-state index contributed by atoms with van der Waals surface area (Å²) in [5.74, 6) is 0. The van der Waals surface area contributed by atoms with Crippen molar-refractivity contribution < 1.29 is 4.92 Å². The summed E-state index contributed by atoms with van der Waals surface area (Å²) in [4.78, 5) is 10.6. The first-order valence-corrected chi connectivity index (χ1v) is 6.16. The summed E-state index contributed by atoms with van der Waals surface area (Å²) in [6.45, 7) is 2.13. The largest absolute Gasteiger partial charge is 0.285 e. The Morgan fingerprint density at radius 1 is 1.40 bits per heavy atom. The molecule has 0 saturated heterocycles. The van der Waals surface area contributed by atoms with E-state index < -0.39 is 0 Å². The van der Waals surface area contributed by atoms with Crippen molar-refractivity contribution in [1.29, 1.82) is 0 Å². The Morgan fingerprint density at radius 3 is 2.73 bits per heavy atom. The third-order valence-electron chi connectivity index (χ3n) is 2.30. The first-order chi connectivity index (χ1) is 7.16. The predicted molar refractivity (Wildman–Crippen MR) is 69.0 cm³/mol. The van der Waals surface area contributed by atoms with Gasteiger partial charge in [0.15, 0.2) is 0 Å². The summed E-state index contributed by atoms with van der Waals surface area (Å²) < 4.78 is 0.728. The standard InChI is InChI=1S/C11H14INO2/c1-2-3-4-6-9-7-5-8-10(12)11(9)13(14)15/h5,7-8H,2-4,6H2,1H3. The highest BCUT2D eigenvalue weighted by Gasteiger charge is 2.16. The molecule has 1 aromatic carbocycles. The molecule has 0 aliphatic heterocycles. The Morgan fingerprint density at radius 2 is 2.13 bits per heavy atom. The summed E-state index contributed by atoms with van der Waals surface area (Å²) in [6.07, 6.45) is 4.10. The summed E-state index contributed by atoms with van der Waals surface area (Å²) >= 11 is 2.02. The normalized spacial score (nSPS) is 10.3. The molecule has 0 bridgehead atoms. The van der Waals surface area contributed by atoms with Gasteiger partial charge in [0.25, 0.3) is 5.69 Å². The van der Waals surface area contributed by atoms with Gasteiger partial charge in [0.05, 0.1) is 8.49 Å². The van der Waals surface area contributed by atoms with Gasteiger partial charge in [-0.3, -0.25) is 10.1 Å². The van der Waals surface area contributed by atoms with Crippen molar-refractivity contribution in [2.24, 2.45) is 0 Å². The van der Waals surface area contributed by atoms with Crippen LogP contribution in [-0.4, -0.2) is 4.92 Å².